The maximum atomic E-state index is 13.6. The van der Waals surface area contributed by atoms with Gasteiger partial charge in [0.1, 0.15) is 11.9 Å². The van der Waals surface area contributed by atoms with Crippen molar-refractivity contribution in [1.29, 1.82) is 5.26 Å². The fourth-order valence-electron chi connectivity index (χ4n) is 1.60. The number of nitriles is 1. The molecule has 0 aromatic heterocycles. The first kappa shape index (κ1) is 14.5. The summed E-state index contributed by atoms with van der Waals surface area (Å²) in [6, 6.07) is 10.6. The third kappa shape index (κ3) is 2.98. The average molecular weight is 354 g/mol. The van der Waals surface area contributed by atoms with Crippen LogP contribution in [0.3, 0.4) is 0 Å². The van der Waals surface area contributed by atoms with Crippen LogP contribution in [0.15, 0.2) is 40.9 Å². The van der Waals surface area contributed by atoms with Crippen molar-refractivity contribution in [1.82, 2.24) is 0 Å². The van der Waals surface area contributed by atoms with Gasteiger partial charge >= 0.3 is 0 Å². The molecule has 0 bridgehead atoms. The van der Waals surface area contributed by atoms with E-state index < -0.39 is 11.7 Å². The Balaban J connectivity index is 2.31. The van der Waals surface area contributed by atoms with Gasteiger partial charge in [-0.25, -0.2) is 4.39 Å². The monoisotopic (exact) mass is 352 g/mol. The Morgan fingerprint density at radius 3 is 2.75 bits per heavy atom. The molecule has 0 radical (unpaired) electrons. The van der Waals surface area contributed by atoms with Crippen molar-refractivity contribution in [3.8, 4) is 6.07 Å². The Morgan fingerprint density at radius 2 is 2.10 bits per heavy atom. The number of anilines is 1. The predicted molar refractivity (Wildman–Crippen MR) is 78.2 cm³/mol. The summed E-state index contributed by atoms with van der Waals surface area (Å²) in [7, 11) is 0. The van der Waals surface area contributed by atoms with E-state index in [1.807, 2.05) is 6.07 Å². The summed E-state index contributed by atoms with van der Waals surface area (Å²) in [6.45, 7) is 0. The highest BCUT2D eigenvalue weighted by Gasteiger charge is 2.15. The van der Waals surface area contributed by atoms with Crippen LogP contribution in [-0.4, -0.2) is 5.91 Å². The van der Waals surface area contributed by atoms with Crippen LogP contribution in [-0.2, 0) is 0 Å². The number of hydrogen-bond donors (Lipinski definition) is 1. The van der Waals surface area contributed by atoms with Crippen molar-refractivity contribution >= 4 is 39.1 Å². The minimum absolute atomic E-state index is 0.0963. The van der Waals surface area contributed by atoms with E-state index in [4.69, 9.17) is 16.9 Å². The number of benzene rings is 2. The molecule has 0 unspecified atom stereocenters. The molecule has 2 rings (SSSR count). The molecule has 100 valence electrons. The van der Waals surface area contributed by atoms with Crippen molar-refractivity contribution in [3.63, 3.8) is 0 Å². The van der Waals surface area contributed by atoms with Crippen LogP contribution in [0.4, 0.5) is 10.1 Å². The maximum absolute atomic E-state index is 13.6. The summed E-state index contributed by atoms with van der Waals surface area (Å²) in [5, 5.41) is 11.7. The summed E-state index contributed by atoms with van der Waals surface area (Å²) >= 11 is 8.92. The molecule has 20 heavy (non-hydrogen) atoms. The van der Waals surface area contributed by atoms with E-state index in [2.05, 4.69) is 21.2 Å². The van der Waals surface area contributed by atoms with Crippen molar-refractivity contribution < 1.29 is 9.18 Å². The summed E-state index contributed by atoms with van der Waals surface area (Å²) < 4.78 is 14.0. The SMILES string of the molecule is N#Cc1cc(NC(=O)c2c(F)cccc2Br)ccc1Cl. The Bertz CT molecular complexity index is 707. The first-order valence-corrected chi connectivity index (χ1v) is 6.65. The molecule has 0 aliphatic rings. The molecular weight excluding hydrogens is 347 g/mol. The Morgan fingerprint density at radius 1 is 1.35 bits per heavy atom. The van der Waals surface area contributed by atoms with Gasteiger partial charge in [0.25, 0.3) is 5.91 Å². The molecule has 0 aliphatic carbocycles. The van der Waals surface area contributed by atoms with Gasteiger partial charge in [-0.3, -0.25) is 4.79 Å². The van der Waals surface area contributed by atoms with E-state index in [1.165, 1.54) is 30.3 Å². The fourth-order valence-corrected chi connectivity index (χ4v) is 2.28. The van der Waals surface area contributed by atoms with Crippen LogP contribution in [0.2, 0.25) is 5.02 Å². The molecule has 6 heteroatoms. The molecule has 2 aromatic rings. The lowest BCUT2D eigenvalue weighted by molar-refractivity contribution is 0.102. The first-order chi connectivity index (χ1) is 9.52. The molecule has 1 amide bonds. The molecule has 0 atom stereocenters. The lowest BCUT2D eigenvalue weighted by Gasteiger charge is -2.08. The second-order valence-electron chi connectivity index (χ2n) is 3.86. The van der Waals surface area contributed by atoms with Crippen LogP contribution in [0, 0.1) is 17.1 Å². The zero-order valence-electron chi connectivity index (χ0n) is 9.95. The van der Waals surface area contributed by atoms with E-state index in [-0.39, 0.29) is 16.1 Å². The molecule has 3 nitrogen and oxygen atoms in total. The van der Waals surface area contributed by atoms with Gasteiger partial charge in [-0.2, -0.15) is 5.26 Å². The van der Waals surface area contributed by atoms with Crippen molar-refractivity contribution in [2.45, 2.75) is 0 Å². The predicted octanol–water partition coefficient (Wildman–Crippen LogP) is 4.37. The maximum Gasteiger partial charge on any atom is 0.259 e. The van der Waals surface area contributed by atoms with Gasteiger partial charge < -0.3 is 5.32 Å². The highest BCUT2D eigenvalue weighted by molar-refractivity contribution is 9.10. The molecule has 0 fully saturated rings. The van der Waals surface area contributed by atoms with Gasteiger partial charge in [0.05, 0.1) is 16.1 Å². The molecule has 0 saturated heterocycles. The zero-order valence-corrected chi connectivity index (χ0v) is 12.3. The molecule has 0 heterocycles. The summed E-state index contributed by atoms with van der Waals surface area (Å²) in [5.74, 6) is -1.24. The van der Waals surface area contributed by atoms with Crippen LogP contribution in [0.1, 0.15) is 15.9 Å². The van der Waals surface area contributed by atoms with Gasteiger partial charge in [0.15, 0.2) is 0 Å². The average Bonchev–Trinajstić information content (AvgIpc) is 2.40. The minimum atomic E-state index is -0.633. The van der Waals surface area contributed by atoms with Crippen LogP contribution < -0.4 is 5.32 Å². The Labute approximate surface area is 128 Å². The minimum Gasteiger partial charge on any atom is -0.322 e. The molecule has 0 saturated carbocycles. The number of carbonyl (C=O) groups excluding carboxylic acids is 1. The molecule has 2 aromatic carbocycles. The van der Waals surface area contributed by atoms with E-state index in [1.54, 1.807) is 6.07 Å². The normalized spacial score (nSPS) is 9.90. The third-order valence-corrected chi connectivity index (χ3v) is 3.52. The van der Waals surface area contributed by atoms with E-state index >= 15 is 0 Å². The number of amides is 1. The summed E-state index contributed by atoms with van der Waals surface area (Å²) in [4.78, 5) is 12.0. The number of nitrogens with zero attached hydrogens (tertiary/aromatic N) is 1. The van der Waals surface area contributed by atoms with Crippen LogP contribution in [0.5, 0.6) is 0 Å². The topological polar surface area (TPSA) is 52.9 Å². The van der Waals surface area contributed by atoms with Gasteiger partial charge in [-0.05, 0) is 46.3 Å². The van der Waals surface area contributed by atoms with E-state index in [9.17, 15) is 9.18 Å². The Hall–Kier alpha value is -1.90. The van der Waals surface area contributed by atoms with Crippen LogP contribution >= 0.6 is 27.5 Å². The van der Waals surface area contributed by atoms with Gasteiger partial charge in [0.2, 0.25) is 0 Å². The van der Waals surface area contributed by atoms with Crippen molar-refractivity contribution in [2.24, 2.45) is 0 Å². The fraction of sp³-hybridized carbons (Fsp3) is 0. The van der Waals surface area contributed by atoms with Crippen LogP contribution in [0.25, 0.3) is 0 Å². The Kier molecular flexibility index (Phi) is 4.38. The third-order valence-electron chi connectivity index (χ3n) is 2.53. The molecule has 0 aliphatic heterocycles. The second-order valence-corrected chi connectivity index (χ2v) is 5.12. The number of rotatable bonds is 2. The smallest absolute Gasteiger partial charge is 0.259 e. The van der Waals surface area contributed by atoms with Crippen molar-refractivity contribution in [3.05, 3.63) is 62.8 Å². The highest BCUT2D eigenvalue weighted by Crippen LogP contribution is 2.23. The number of carbonyl (C=O) groups is 1. The van der Waals surface area contributed by atoms with E-state index in [0.29, 0.717) is 10.2 Å². The quantitative estimate of drug-likeness (QED) is 0.872. The number of nitrogens with one attached hydrogen (secondary N) is 1. The number of hydrogen-bond acceptors (Lipinski definition) is 2. The molecular formula is C14H7BrClFN2O. The lowest BCUT2D eigenvalue weighted by atomic mass is 10.1. The molecule has 0 spiro atoms. The largest absolute Gasteiger partial charge is 0.322 e. The summed E-state index contributed by atoms with van der Waals surface area (Å²) in [6.07, 6.45) is 0. The molecule has 1 N–H and O–H groups in total. The zero-order chi connectivity index (χ0) is 14.7. The first-order valence-electron chi connectivity index (χ1n) is 5.48. The second kappa shape index (κ2) is 6.04. The van der Waals surface area contributed by atoms with Gasteiger partial charge in [-0.1, -0.05) is 17.7 Å². The number of halogens is 3. The summed E-state index contributed by atoms with van der Waals surface area (Å²) in [5.41, 5.74) is 0.504. The highest BCUT2D eigenvalue weighted by atomic mass is 79.9. The van der Waals surface area contributed by atoms with Crippen molar-refractivity contribution in [2.75, 3.05) is 5.32 Å². The van der Waals surface area contributed by atoms with Gasteiger partial charge in [0, 0.05) is 10.2 Å². The van der Waals surface area contributed by atoms with Gasteiger partial charge in [-0.15, -0.1) is 0 Å². The standard InChI is InChI=1S/C14H7BrClFN2O/c15-10-2-1-3-12(17)13(10)14(20)19-9-4-5-11(16)8(6-9)7-18/h1-6H,(H,19,20). The lowest BCUT2D eigenvalue weighted by Crippen LogP contribution is -2.14. The van der Waals surface area contributed by atoms with E-state index in [0.717, 1.165) is 0 Å².